The molecule has 1 nitrogen and oxygen atoms in total. The fourth-order valence-corrected chi connectivity index (χ4v) is 3.40. The van der Waals surface area contributed by atoms with Crippen molar-refractivity contribution in [3.05, 3.63) is 69.2 Å². The van der Waals surface area contributed by atoms with Gasteiger partial charge in [0.05, 0.1) is 0 Å². The molecule has 0 radical (unpaired) electrons. The van der Waals surface area contributed by atoms with Gasteiger partial charge in [-0.05, 0) is 69.0 Å². The van der Waals surface area contributed by atoms with Crippen molar-refractivity contribution in [2.75, 3.05) is 0 Å². The maximum Gasteiger partial charge on any atom is 0.0409 e. The fraction of sp³-hybridized carbons (Fsp3) is 0.368. The van der Waals surface area contributed by atoms with E-state index in [0.717, 1.165) is 5.02 Å². The molecular weight excluding hydrogens is 278 g/mol. The summed E-state index contributed by atoms with van der Waals surface area (Å²) in [5.41, 5.74) is 6.65. The summed E-state index contributed by atoms with van der Waals surface area (Å²) in [6, 6.07) is 13.1. The molecule has 1 N–H and O–H groups in total. The molecular formula is C19H24ClN. The van der Waals surface area contributed by atoms with E-state index in [1.54, 1.807) is 0 Å². The van der Waals surface area contributed by atoms with Gasteiger partial charge in [0.15, 0.2) is 0 Å². The number of rotatable bonds is 4. The zero-order chi connectivity index (χ0) is 15.6. The SMILES string of the molecule is Cc1cc(C)c(C(C)N[C@H](C)c2cccc(Cl)c2)c(C)c1. The lowest BCUT2D eigenvalue weighted by Crippen LogP contribution is -2.23. The highest BCUT2D eigenvalue weighted by molar-refractivity contribution is 6.30. The van der Waals surface area contributed by atoms with E-state index in [1.807, 2.05) is 18.2 Å². The summed E-state index contributed by atoms with van der Waals surface area (Å²) < 4.78 is 0. The van der Waals surface area contributed by atoms with Gasteiger partial charge < -0.3 is 5.32 Å². The molecule has 0 spiro atoms. The van der Waals surface area contributed by atoms with Crippen LogP contribution < -0.4 is 5.32 Å². The highest BCUT2D eigenvalue weighted by Gasteiger charge is 2.15. The molecule has 112 valence electrons. The Balaban J connectivity index is 2.20. The predicted octanol–water partition coefficient (Wildman–Crippen LogP) is 5.68. The van der Waals surface area contributed by atoms with Gasteiger partial charge in [-0.1, -0.05) is 41.4 Å². The molecule has 1 unspecified atom stereocenters. The van der Waals surface area contributed by atoms with Crippen LogP contribution in [0.15, 0.2) is 36.4 Å². The van der Waals surface area contributed by atoms with Crippen molar-refractivity contribution in [1.29, 1.82) is 0 Å². The van der Waals surface area contributed by atoms with Crippen LogP contribution in [0.4, 0.5) is 0 Å². The van der Waals surface area contributed by atoms with E-state index in [9.17, 15) is 0 Å². The van der Waals surface area contributed by atoms with Crippen molar-refractivity contribution in [1.82, 2.24) is 5.32 Å². The van der Waals surface area contributed by atoms with Crippen LogP contribution in [0.1, 0.15) is 53.7 Å². The summed E-state index contributed by atoms with van der Waals surface area (Å²) in [5, 5.41) is 4.47. The monoisotopic (exact) mass is 301 g/mol. The van der Waals surface area contributed by atoms with E-state index >= 15 is 0 Å². The van der Waals surface area contributed by atoms with Gasteiger partial charge >= 0.3 is 0 Å². The Kier molecular flexibility index (Phi) is 5.08. The molecule has 0 aliphatic carbocycles. The van der Waals surface area contributed by atoms with E-state index in [2.05, 4.69) is 58.1 Å². The molecule has 0 aromatic heterocycles. The lowest BCUT2D eigenvalue weighted by molar-refractivity contribution is 0.491. The smallest absolute Gasteiger partial charge is 0.0409 e. The molecule has 2 rings (SSSR count). The van der Waals surface area contributed by atoms with Gasteiger partial charge in [0.2, 0.25) is 0 Å². The van der Waals surface area contributed by atoms with Crippen molar-refractivity contribution >= 4 is 11.6 Å². The van der Waals surface area contributed by atoms with Crippen LogP contribution in [-0.2, 0) is 0 Å². The second-order valence-corrected chi connectivity index (χ2v) is 6.41. The quantitative estimate of drug-likeness (QED) is 0.766. The summed E-state index contributed by atoms with van der Waals surface area (Å²) in [5.74, 6) is 0. The Morgan fingerprint density at radius 2 is 1.52 bits per heavy atom. The van der Waals surface area contributed by atoms with Crippen LogP contribution in [0, 0.1) is 20.8 Å². The Bertz CT molecular complexity index is 610. The second-order valence-electron chi connectivity index (χ2n) is 5.98. The average molecular weight is 302 g/mol. The molecule has 0 heterocycles. The molecule has 21 heavy (non-hydrogen) atoms. The molecule has 0 fully saturated rings. The van der Waals surface area contributed by atoms with Crippen LogP contribution in [-0.4, -0.2) is 0 Å². The number of aryl methyl sites for hydroxylation is 3. The largest absolute Gasteiger partial charge is 0.304 e. The molecule has 2 aromatic rings. The van der Waals surface area contributed by atoms with E-state index in [0.29, 0.717) is 6.04 Å². The Morgan fingerprint density at radius 3 is 2.10 bits per heavy atom. The minimum atomic E-state index is 0.263. The lowest BCUT2D eigenvalue weighted by atomic mass is 9.94. The Labute approximate surface area is 133 Å². The molecule has 0 aliphatic rings. The van der Waals surface area contributed by atoms with Gasteiger partial charge in [-0.2, -0.15) is 0 Å². The fourth-order valence-electron chi connectivity index (χ4n) is 3.20. The lowest BCUT2D eigenvalue weighted by Gasteiger charge is -2.24. The topological polar surface area (TPSA) is 12.0 Å². The van der Waals surface area contributed by atoms with Crippen LogP contribution >= 0.6 is 11.6 Å². The number of nitrogens with one attached hydrogen (secondary N) is 1. The molecule has 2 heteroatoms. The highest BCUT2D eigenvalue weighted by atomic mass is 35.5. The van der Waals surface area contributed by atoms with Crippen molar-refractivity contribution in [3.8, 4) is 0 Å². The van der Waals surface area contributed by atoms with Crippen molar-refractivity contribution < 1.29 is 0 Å². The third kappa shape index (κ3) is 3.87. The maximum atomic E-state index is 6.08. The second kappa shape index (κ2) is 6.64. The summed E-state index contributed by atoms with van der Waals surface area (Å²) in [7, 11) is 0. The first kappa shape index (κ1) is 16.1. The van der Waals surface area contributed by atoms with Gasteiger partial charge in [0.25, 0.3) is 0 Å². The Hall–Kier alpha value is -1.31. The molecule has 2 aromatic carbocycles. The minimum Gasteiger partial charge on any atom is -0.304 e. The van der Waals surface area contributed by atoms with Crippen molar-refractivity contribution in [3.63, 3.8) is 0 Å². The minimum absolute atomic E-state index is 0.263. The first-order chi connectivity index (χ1) is 9.88. The third-order valence-electron chi connectivity index (χ3n) is 4.02. The van der Waals surface area contributed by atoms with E-state index in [-0.39, 0.29) is 6.04 Å². The maximum absolute atomic E-state index is 6.08. The number of hydrogen-bond donors (Lipinski definition) is 1. The average Bonchev–Trinajstić information content (AvgIpc) is 2.37. The molecule has 0 saturated carbocycles. The Morgan fingerprint density at radius 1 is 0.905 bits per heavy atom. The highest BCUT2D eigenvalue weighted by Crippen LogP contribution is 2.26. The van der Waals surface area contributed by atoms with Crippen LogP contribution in [0.3, 0.4) is 0 Å². The van der Waals surface area contributed by atoms with Crippen LogP contribution in [0.5, 0.6) is 0 Å². The standard InChI is InChI=1S/C19H24ClN/c1-12-9-13(2)19(14(3)10-12)16(5)21-15(4)17-7-6-8-18(20)11-17/h6-11,15-16,21H,1-5H3/t15-,16?/m1/s1. The number of benzene rings is 2. The third-order valence-corrected chi connectivity index (χ3v) is 4.25. The molecule has 0 aliphatic heterocycles. The van der Waals surface area contributed by atoms with Crippen molar-refractivity contribution in [2.45, 2.75) is 46.7 Å². The number of halogens is 1. The van der Waals surface area contributed by atoms with Crippen molar-refractivity contribution in [2.24, 2.45) is 0 Å². The summed E-state index contributed by atoms with van der Waals surface area (Å²) in [4.78, 5) is 0. The molecule has 0 amide bonds. The van der Waals surface area contributed by atoms with Crippen LogP contribution in [0.25, 0.3) is 0 Å². The van der Waals surface area contributed by atoms with Gasteiger partial charge in [-0.25, -0.2) is 0 Å². The summed E-state index contributed by atoms with van der Waals surface area (Å²) in [6.07, 6.45) is 0. The number of hydrogen-bond acceptors (Lipinski definition) is 1. The van der Waals surface area contributed by atoms with E-state index in [1.165, 1.54) is 27.8 Å². The van der Waals surface area contributed by atoms with Gasteiger partial charge in [0.1, 0.15) is 0 Å². The predicted molar refractivity (Wildman–Crippen MR) is 92.1 cm³/mol. The normalized spacial score (nSPS) is 14.0. The molecule has 2 atom stereocenters. The first-order valence-electron chi connectivity index (χ1n) is 7.47. The summed E-state index contributed by atoms with van der Waals surface area (Å²) >= 11 is 6.08. The first-order valence-corrected chi connectivity index (χ1v) is 7.85. The zero-order valence-corrected chi connectivity index (χ0v) is 14.3. The summed E-state index contributed by atoms with van der Waals surface area (Å²) in [6.45, 7) is 10.9. The van der Waals surface area contributed by atoms with E-state index in [4.69, 9.17) is 11.6 Å². The molecule has 0 saturated heterocycles. The molecule has 0 bridgehead atoms. The van der Waals surface area contributed by atoms with Gasteiger partial charge in [-0.15, -0.1) is 0 Å². The van der Waals surface area contributed by atoms with Crippen LogP contribution in [0.2, 0.25) is 5.02 Å². The van der Waals surface area contributed by atoms with E-state index < -0.39 is 0 Å². The van der Waals surface area contributed by atoms with Gasteiger partial charge in [-0.3, -0.25) is 0 Å². The zero-order valence-electron chi connectivity index (χ0n) is 13.5. The van der Waals surface area contributed by atoms with Gasteiger partial charge in [0, 0.05) is 17.1 Å².